The molecule has 0 bridgehead atoms. The first-order chi connectivity index (χ1) is 7.36. The summed E-state index contributed by atoms with van der Waals surface area (Å²) in [6, 6.07) is 0. The van der Waals surface area contributed by atoms with E-state index < -0.39 is 40.1 Å². The SMILES string of the molecule is O=C(O)c1ncc(C(F)F)c([N+](=O)[O-])c1F. The van der Waals surface area contributed by atoms with Crippen LogP contribution in [0.5, 0.6) is 0 Å². The molecule has 1 heterocycles. The van der Waals surface area contributed by atoms with Gasteiger partial charge in [-0.25, -0.2) is 18.6 Å². The summed E-state index contributed by atoms with van der Waals surface area (Å²) in [6.07, 6.45) is -3.04. The van der Waals surface area contributed by atoms with Crippen LogP contribution in [0.4, 0.5) is 18.9 Å². The predicted octanol–water partition coefficient (Wildman–Crippen LogP) is 1.76. The highest BCUT2D eigenvalue weighted by atomic mass is 19.3. The third-order valence-electron chi connectivity index (χ3n) is 1.64. The molecule has 1 aromatic rings. The zero-order chi connectivity index (χ0) is 12.5. The zero-order valence-electron chi connectivity index (χ0n) is 7.35. The number of carboxylic acid groups (broad SMARTS) is 1. The number of hydrogen-bond acceptors (Lipinski definition) is 4. The van der Waals surface area contributed by atoms with Crippen molar-refractivity contribution in [2.24, 2.45) is 0 Å². The fourth-order valence-corrected chi connectivity index (χ4v) is 0.985. The largest absolute Gasteiger partial charge is 0.476 e. The quantitative estimate of drug-likeness (QED) is 0.637. The minimum atomic E-state index is -3.31. The van der Waals surface area contributed by atoms with Gasteiger partial charge in [-0.3, -0.25) is 10.1 Å². The van der Waals surface area contributed by atoms with Gasteiger partial charge in [0.1, 0.15) is 5.56 Å². The maximum atomic E-state index is 13.2. The topological polar surface area (TPSA) is 93.3 Å². The molecule has 0 aliphatic rings. The van der Waals surface area contributed by atoms with E-state index in [4.69, 9.17) is 5.11 Å². The molecule has 0 saturated carbocycles. The van der Waals surface area contributed by atoms with E-state index in [0.717, 1.165) is 0 Å². The van der Waals surface area contributed by atoms with E-state index in [1.165, 1.54) is 0 Å². The summed E-state index contributed by atoms with van der Waals surface area (Å²) < 4.78 is 37.7. The van der Waals surface area contributed by atoms with E-state index in [1.807, 2.05) is 0 Å². The van der Waals surface area contributed by atoms with Gasteiger partial charge < -0.3 is 5.11 Å². The van der Waals surface area contributed by atoms with E-state index in [2.05, 4.69) is 4.98 Å². The van der Waals surface area contributed by atoms with Crippen LogP contribution < -0.4 is 0 Å². The Morgan fingerprint density at radius 2 is 2.12 bits per heavy atom. The number of pyridine rings is 1. The lowest BCUT2D eigenvalue weighted by Gasteiger charge is -2.03. The number of hydrogen-bond donors (Lipinski definition) is 1. The minimum absolute atomic E-state index is 0.273. The molecule has 1 aromatic heterocycles. The number of alkyl halides is 2. The molecule has 0 aromatic carbocycles. The maximum Gasteiger partial charge on any atom is 0.357 e. The number of aromatic nitrogens is 1. The molecule has 0 unspecified atom stereocenters. The number of halogens is 3. The van der Waals surface area contributed by atoms with Crippen molar-refractivity contribution < 1.29 is 28.0 Å². The number of rotatable bonds is 3. The highest BCUT2D eigenvalue weighted by molar-refractivity contribution is 5.86. The van der Waals surface area contributed by atoms with Gasteiger partial charge in [-0.2, -0.15) is 4.39 Å². The first-order valence-electron chi connectivity index (χ1n) is 3.70. The van der Waals surface area contributed by atoms with Crippen molar-refractivity contribution in [3.05, 3.63) is 33.4 Å². The van der Waals surface area contributed by atoms with Crippen molar-refractivity contribution in [1.29, 1.82) is 0 Å². The summed E-state index contributed by atoms with van der Waals surface area (Å²) >= 11 is 0. The Balaban J connectivity index is 3.54. The standard InChI is InChI=1S/C7H3F3N2O4/c8-3-4(7(13)14)11-1-2(6(9)10)5(3)12(15)16/h1,6H,(H,13,14). The molecule has 6 nitrogen and oxygen atoms in total. The van der Waals surface area contributed by atoms with Gasteiger partial charge in [-0.05, 0) is 0 Å². The Morgan fingerprint density at radius 3 is 2.50 bits per heavy atom. The maximum absolute atomic E-state index is 13.2. The predicted molar refractivity (Wildman–Crippen MR) is 42.8 cm³/mol. The molecular formula is C7H3F3N2O4. The van der Waals surface area contributed by atoms with Gasteiger partial charge in [-0.15, -0.1) is 0 Å². The Morgan fingerprint density at radius 1 is 1.56 bits per heavy atom. The van der Waals surface area contributed by atoms with Gasteiger partial charge in [0.2, 0.25) is 5.82 Å². The van der Waals surface area contributed by atoms with Crippen molar-refractivity contribution in [1.82, 2.24) is 4.98 Å². The zero-order valence-corrected chi connectivity index (χ0v) is 7.35. The average molecular weight is 236 g/mol. The van der Waals surface area contributed by atoms with Crippen LogP contribution in [0, 0.1) is 15.9 Å². The van der Waals surface area contributed by atoms with Gasteiger partial charge >= 0.3 is 11.7 Å². The Hall–Kier alpha value is -2.19. The summed E-state index contributed by atoms with van der Waals surface area (Å²) in [5, 5.41) is 18.7. The Labute approximate surface area is 85.5 Å². The molecule has 1 N–H and O–H groups in total. The monoisotopic (exact) mass is 236 g/mol. The molecule has 16 heavy (non-hydrogen) atoms. The molecule has 0 aliphatic carbocycles. The molecule has 0 atom stereocenters. The minimum Gasteiger partial charge on any atom is -0.476 e. The molecule has 0 spiro atoms. The second kappa shape index (κ2) is 4.13. The highest BCUT2D eigenvalue weighted by Gasteiger charge is 2.31. The Kier molecular flexibility index (Phi) is 3.06. The van der Waals surface area contributed by atoms with E-state index in [0.29, 0.717) is 0 Å². The lowest BCUT2D eigenvalue weighted by molar-refractivity contribution is -0.389. The van der Waals surface area contributed by atoms with Crippen LogP contribution in [0.3, 0.4) is 0 Å². The fraction of sp³-hybridized carbons (Fsp3) is 0.143. The van der Waals surface area contributed by atoms with Crippen molar-refractivity contribution in [2.75, 3.05) is 0 Å². The molecule has 0 amide bonds. The summed E-state index contributed by atoms with van der Waals surface area (Å²) in [6.45, 7) is 0. The van der Waals surface area contributed by atoms with Gasteiger partial charge in [0.25, 0.3) is 6.43 Å². The van der Waals surface area contributed by atoms with Crippen molar-refractivity contribution >= 4 is 11.7 Å². The number of carbonyl (C=O) groups is 1. The van der Waals surface area contributed by atoms with E-state index in [9.17, 15) is 28.1 Å². The number of carboxylic acids is 1. The van der Waals surface area contributed by atoms with Gasteiger partial charge in [0.05, 0.1) is 4.92 Å². The third kappa shape index (κ3) is 1.92. The lowest BCUT2D eigenvalue weighted by atomic mass is 10.2. The van der Waals surface area contributed by atoms with Crippen LogP contribution in [0.1, 0.15) is 22.5 Å². The normalized spacial score (nSPS) is 10.5. The van der Waals surface area contributed by atoms with E-state index in [1.54, 1.807) is 0 Å². The number of nitro groups is 1. The van der Waals surface area contributed by atoms with E-state index >= 15 is 0 Å². The molecule has 9 heteroatoms. The van der Waals surface area contributed by atoms with Crippen LogP contribution >= 0.6 is 0 Å². The average Bonchev–Trinajstić information content (AvgIpc) is 2.15. The van der Waals surface area contributed by atoms with Gasteiger partial charge in [-0.1, -0.05) is 0 Å². The molecule has 0 saturated heterocycles. The lowest BCUT2D eigenvalue weighted by Crippen LogP contribution is -2.09. The first kappa shape index (κ1) is 11.9. The highest BCUT2D eigenvalue weighted by Crippen LogP contribution is 2.31. The van der Waals surface area contributed by atoms with Gasteiger partial charge in [0.15, 0.2) is 5.69 Å². The van der Waals surface area contributed by atoms with Crippen LogP contribution in [0.25, 0.3) is 0 Å². The van der Waals surface area contributed by atoms with Crippen LogP contribution in [0.15, 0.2) is 6.20 Å². The smallest absolute Gasteiger partial charge is 0.357 e. The van der Waals surface area contributed by atoms with Gasteiger partial charge in [0, 0.05) is 6.20 Å². The summed E-state index contributed by atoms with van der Waals surface area (Å²) in [4.78, 5) is 22.2. The third-order valence-corrected chi connectivity index (χ3v) is 1.64. The van der Waals surface area contributed by atoms with Crippen LogP contribution in [-0.2, 0) is 0 Å². The second-order valence-corrected chi connectivity index (χ2v) is 2.59. The second-order valence-electron chi connectivity index (χ2n) is 2.59. The Bertz CT molecular complexity index is 463. The van der Waals surface area contributed by atoms with Crippen LogP contribution in [-0.4, -0.2) is 21.0 Å². The fourth-order valence-electron chi connectivity index (χ4n) is 0.985. The summed E-state index contributed by atoms with van der Waals surface area (Å²) in [5.74, 6) is -3.75. The molecule has 0 radical (unpaired) electrons. The molecule has 0 aliphatic heterocycles. The molecule has 1 rings (SSSR count). The molecule has 86 valence electrons. The summed E-state index contributed by atoms with van der Waals surface area (Å²) in [5.41, 5.74) is -4.09. The molecular weight excluding hydrogens is 233 g/mol. The molecule has 0 fully saturated rings. The number of aromatic carboxylic acids is 1. The van der Waals surface area contributed by atoms with Crippen molar-refractivity contribution in [3.8, 4) is 0 Å². The van der Waals surface area contributed by atoms with Crippen molar-refractivity contribution in [3.63, 3.8) is 0 Å². The number of nitrogens with zero attached hydrogens (tertiary/aromatic N) is 2. The van der Waals surface area contributed by atoms with Crippen LogP contribution in [0.2, 0.25) is 0 Å². The first-order valence-corrected chi connectivity index (χ1v) is 3.70. The summed E-state index contributed by atoms with van der Waals surface area (Å²) in [7, 11) is 0. The van der Waals surface area contributed by atoms with Crippen molar-refractivity contribution in [2.45, 2.75) is 6.43 Å². The van der Waals surface area contributed by atoms with E-state index in [-0.39, 0.29) is 6.20 Å².